The predicted octanol–water partition coefficient (Wildman–Crippen LogP) is -2.73. The van der Waals surface area contributed by atoms with Gasteiger partial charge in [-0.2, -0.15) is 18.9 Å². The van der Waals surface area contributed by atoms with Crippen molar-refractivity contribution in [1.82, 2.24) is 15.0 Å². The quantitative estimate of drug-likeness (QED) is 0.393. The van der Waals surface area contributed by atoms with Crippen molar-refractivity contribution in [3.63, 3.8) is 0 Å². The Morgan fingerprint density at radius 3 is 1.83 bits per heavy atom. The first kappa shape index (κ1) is 12.0. The maximum Gasteiger partial charge on any atom is 1.00 e. The summed E-state index contributed by atoms with van der Waals surface area (Å²) < 4.78 is 0.647. The maximum atomic E-state index is 5.28. The molecule has 0 aliphatic heterocycles. The molecule has 1 rings (SSSR count). The minimum absolute atomic E-state index is 0. The topological polar surface area (TPSA) is 93.9 Å². The van der Waals surface area contributed by atoms with Crippen molar-refractivity contribution in [3.8, 4) is 0 Å². The van der Waals surface area contributed by atoms with Gasteiger partial charge < -0.3 is 12.9 Å². The first-order valence-electron chi connectivity index (χ1n) is 2.48. The van der Waals surface area contributed by atoms with Gasteiger partial charge in [-0.15, -0.1) is 0 Å². The molecule has 1 heterocycles. The molecule has 0 aliphatic rings. The van der Waals surface area contributed by atoms with Crippen LogP contribution in [-0.2, 0) is 0 Å². The van der Waals surface area contributed by atoms with E-state index in [1.807, 2.05) is 0 Å². The van der Waals surface area contributed by atoms with Gasteiger partial charge >= 0.3 is 29.6 Å². The summed E-state index contributed by atoms with van der Waals surface area (Å²) in [6.07, 6.45) is 0. The van der Waals surface area contributed by atoms with Gasteiger partial charge in [0.25, 0.3) is 5.95 Å². The Hall–Kier alpha value is -0.01000. The van der Waals surface area contributed by atoms with Gasteiger partial charge in [-0.3, -0.25) is 0 Å². The van der Waals surface area contributed by atoms with E-state index >= 15 is 0 Å². The standard InChI is InChI=1S/C3H4Cl2N6.Na.H/c4-11(5)3-9-1(6)8-2(7)10-3;;/h(H4,6,7,8,9,10);;/q;+1;-1. The number of rotatable bonds is 1. The average molecular weight is 219 g/mol. The monoisotopic (exact) mass is 218 g/mol. The second-order valence-corrected chi connectivity index (χ2v) is 2.43. The number of nitrogens with two attached hydrogens (primary N) is 2. The van der Waals surface area contributed by atoms with Gasteiger partial charge in [-0.25, -0.2) is 0 Å². The molecule has 0 amide bonds. The molecule has 0 saturated carbocycles. The van der Waals surface area contributed by atoms with E-state index in [0.717, 1.165) is 0 Å². The van der Waals surface area contributed by atoms with Crippen molar-refractivity contribution >= 4 is 41.4 Å². The van der Waals surface area contributed by atoms with Crippen molar-refractivity contribution in [1.29, 1.82) is 0 Å². The number of anilines is 3. The normalized spacial score (nSPS) is 8.83. The Labute approximate surface area is 102 Å². The molecule has 0 unspecified atom stereocenters. The molecular formula is C3H5Cl2N6Na. The van der Waals surface area contributed by atoms with Gasteiger partial charge in [0.2, 0.25) is 11.9 Å². The summed E-state index contributed by atoms with van der Waals surface area (Å²) in [6.45, 7) is 0. The number of hydrogen-bond acceptors (Lipinski definition) is 6. The molecule has 0 aromatic carbocycles. The third-order valence-corrected chi connectivity index (χ3v) is 1.11. The minimum Gasteiger partial charge on any atom is -1.00 e. The SMILES string of the molecule is Nc1nc(N)nc(N(Cl)Cl)n1.[H-].[Na+]. The fourth-order valence-electron chi connectivity index (χ4n) is 0.473. The largest absolute Gasteiger partial charge is 1.00 e. The molecule has 0 aliphatic carbocycles. The van der Waals surface area contributed by atoms with E-state index in [9.17, 15) is 0 Å². The van der Waals surface area contributed by atoms with Crippen LogP contribution in [0, 0.1) is 0 Å². The van der Waals surface area contributed by atoms with Crippen LogP contribution in [0.15, 0.2) is 0 Å². The van der Waals surface area contributed by atoms with Crippen LogP contribution in [0.3, 0.4) is 0 Å². The Balaban J connectivity index is 0. The van der Waals surface area contributed by atoms with Gasteiger partial charge in [0.05, 0.1) is 0 Å². The molecule has 0 saturated heterocycles. The average Bonchev–Trinajstić information content (AvgIpc) is 1.85. The Morgan fingerprint density at radius 2 is 1.50 bits per heavy atom. The summed E-state index contributed by atoms with van der Waals surface area (Å²) in [7, 11) is 0. The minimum atomic E-state index is -0.0289. The van der Waals surface area contributed by atoms with Gasteiger partial charge in [-0.05, 0) is 0 Å². The molecule has 4 N–H and O–H groups in total. The van der Waals surface area contributed by atoms with E-state index in [0.29, 0.717) is 3.94 Å². The molecule has 6 nitrogen and oxygen atoms in total. The van der Waals surface area contributed by atoms with Crippen molar-refractivity contribution < 1.29 is 31.0 Å². The maximum absolute atomic E-state index is 5.28. The van der Waals surface area contributed by atoms with Crippen molar-refractivity contribution in [2.45, 2.75) is 0 Å². The Bertz CT molecular complexity index is 252. The van der Waals surface area contributed by atoms with Crippen LogP contribution < -0.4 is 45.0 Å². The molecule has 9 heteroatoms. The Morgan fingerprint density at radius 1 is 1.08 bits per heavy atom. The molecule has 0 radical (unpaired) electrons. The number of hydrogen-bond donors (Lipinski definition) is 2. The second kappa shape index (κ2) is 4.88. The molecule has 0 atom stereocenters. The Kier molecular flexibility index (Phi) is 4.88. The van der Waals surface area contributed by atoms with Gasteiger partial charge in [-0.1, -0.05) is 0 Å². The van der Waals surface area contributed by atoms with Crippen molar-refractivity contribution in [3.05, 3.63) is 0 Å². The van der Waals surface area contributed by atoms with E-state index in [1.54, 1.807) is 0 Å². The van der Waals surface area contributed by atoms with Crippen LogP contribution >= 0.6 is 23.6 Å². The third-order valence-electron chi connectivity index (χ3n) is 0.809. The predicted molar refractivity (Wildman–Crippen MR) is 43.9 cm³/mol. The molecule has 12 heavy (non-hydrogen) atoms. The number of nitrogen functional groups attached to an aromatic ring is 2. The first-order valence-corrected chi connectivity index (χ1v) is 3.16. The zero-order chi connectivity index (χ0) is 8.43. The molecular weight excluding hydrogens is 214 g/mol. The van der Waals surface area contributed by atoms with E-state index in [4.69, 9.17) is 35.0 Å². The number of aromatic nitrogens is 3. The van der Waals surface area contributed by atoms with E-state index in [2.05, 4.69) is 15.0 Å². The van der Waals surface area contributed by atoms with Crippen LogP contribution in [0.4, 0.5) is 17.8 Å². The van der Waals surface area contributed by atoms with Gasteiger partial charge in [0.1, 0.15) is 0 Å². The van der Waals surface area contributed by atoms with Crippen LogP contribution in [-0.4, -0.2) is 15.0 Å². The summed E-state index contributed by atoms with van der Waals surface area (Å²) >= 11 is 10.6. The molecule has 0 fully saturated rings. The van der Waals surface area contributed by atoms with Crippen molar-refractivity contribution in [2.75, 3.05) is 15.4 Å². The summed E-state index contributed by atoms with van der Waals surface area (Å²) in [4.78, 5) is 10.6. The molecule has 1 aromatic rings. The van der Waals surface area contributed by atoms with Crippen LogP contribution in [0.5, 0.6) is 0 Å². The fourth-order valence-corrected chi connectivity index (χ4v) is 0.624. The fraction of sp³-hybridized carbons (Fsp3) is 0. The third kappa shape index (κ3) is 3.16. The van der Waals surface area contributed by atoms with Gasteiger partial charge in [0.15, 0.2) is 0 Å². The number of nitrogens with zero attached hydrogens (tertiary/aromatic N) is 4. The van der Waals surface area contributed by atoms with Gasteiger partial charge in [0, 0.05) is 23.6 Å². The van der Waals surface area contributed by atoms with Crippen LogP contribution in [0.25, 0.3) is 0 Å². The van der Waals surface area contributed by atoms with Crippen molar-refractivity contribution in [2.24, 2.45) is 0 Å². The van der Waals surface area contributed by atoms with E-state index in [-0.39, 0.29) is 48.8 Å². The molecule has 62 valence electrons. The second-order valence-electron chi connectivity index (χ2n) is 1.58. The smallest absolute Gasteiger partial charge is 1.00 e. The van der Waals surface area contributed by atoms with Crippen LogP contribution in [0.1, 0.15) is 1.43 Å². The van der Waals surface area contributed by atoms with E-state index < -0.39 is 0 Å². The zero-order valence-corrected chi connectivity index (χ0v) is 9.71. The zero-order valence-electron chi connectivity index (χ0n) is 7.20. The molecule has 1 aromatic heterocycles. The summed E-state index contributed by atoms with van der Waals surface area (Å²) in [6, 6.07) is 0. The summed E-state index contributed by atoms with van der Waals surface area (Å²) in [5, 5.41) is 0. The summed E-state index contributed by atoms with van der Waals surface area (Å²) in [5.41, 5.74) is 10.4. The summed E-state index contributed by atoms with van der Waals surface area (Å²) in [5.74, 6) is -0.0593. The number of halogens is 2. The molecule has 0 bridgehead atoms. The molecule has 0 spiro atoms. The van der Waals surface area contributed by atoms with E-state index in [1.165, 1.54) is 0 Å². The van der Waals surface area contributed by atoms with Crippen LogP contribution in [0.2, 0.25) is 0 Å². The first-order chi connectivity index (χ1) is 5.09.